The number of likely N-dealkylation sites (tertiary alicyclic amines) is 1. The first kappa shape index (κ1) is 23.8. The number of ether oxygens (including phenoxy) is 3. The molecule has 1 saturated heterocycles. The van der Waals surface area contributed by atoms with Crippen molar-refractivity contribution in [2.45, 2.75) is 24.7 Å². The first-order chi connectivity index (χ1) is 15.2. The van der Waals surface area contributed by atoms with Gasteiger partial charge in [-0.15, -0.1) is 0 Å². The summed E-state index contributed by atoms with van der Waals surface area (Å²) in [6, 6.07) is 6.95. The van der Waals surface area contributed by atoms with Gasteiger partial charge in [0.05, 0.1) is 31.4 Å². The van der Waals surface area contributed by atoms with Gasteiger partial charge in [0.15, 0.2) is 11.5 Å². The number of amides is 1. The molecule has 0 saturated carbocycles. The molecule has 0 aliphatic carbocycles. The van der Waals surface area contributed by atoms with E-state index in [0.717, 1.165) is 5.56 Å². The lowest BCUT2D eigenvalue weighted by molar-refractivity contribution is 0.0781. The SMILES string of the molecule is COc1cc(C(=O)N2CCC(CCCS(=O)(=O)[O-])(c3cccnc3)C2)cc(OC)c1OC. The molecular weight excluding hydrogens is 436 g/mol. The summed E-state index contributed by atoms with van der Waals surface area (Å²) in [5.74, 6) is 0.528. The summed E-state index contributed by atoms with van der Waals surface area (Å²) < 4.78 is 49.4. The van der Waals surface area contributed by atoms with Gasteiger partial charge in [0, 0.05) is 42.2 Å². The van der Waals surface area contributed by atoms with Crippen LogP contribution in [0.4, 0.5) is 0 Å². The number of hydrogen-bond acceptors (Lipinski definition) is 8. The Morgan fingerprint density at radius 2 is 1.88 bits per heavy atom. The van der Waals surface area contributed by atoms with Crippen LogP contribution in [0.2, 0.25) is 0 Å². The van der Waals surface area contributed by atoms with Crippen molar-refractivity contribution in [1.82, 2.24) is 9.88 Å². The highest BCUT2D eigenvalue weighted by Gasteiger charge is 2.41. The summed E-state index contributed by atoms with van der Waals surface area (Å²) in [7, 11) is 0.157. The fourth-order valence-corrected chi connectivity index (χ4v) is 4.78. The van der Waals surface area contributed by atoms with Crippen LogP contribution in [0.25, 0.3) is 0 Å². The molecule has 2 aromatic rings. The second-order valence-corrected chi connectivity index (χ2v) is 9.30. The Hall–Kier alpha value is -2.85. The third kappa shape index (κ3) is 5.13. The zero-order chi connectivity index (χ0) is 23.4. The van der Waals surface area contributed by atoms with Crippen LogP contribution >= 0.6 is 0 Å². The van der Waals surface area contributed by atoms with E-state index in [1.807, 2.05) is 12.1 Å². The topological polar surface area (TPSA) is 118 Å². The van der Waals surface area contributed by atoms with Crippen molar-refractivity contribution < 1.29 is 32.0 Å². The molecule has 1 unspecified atom stereocenters. The van der Waals surface area contributed by atoms with Gasteiger partial charge in [0.25, 0.3) is 5.91 Å². The second-order valence-electron chi connectivity index (χ2n) is 7.78. The van der Waals surface area contributed by atoms with Crippen molar-refractivity contribution in [2.75, 3.05) is 40.2 Å². The number of benzene rings is 1. The minimum atomic E-state index is -4.31. The highest BCUT2D eigenvalue weighted by Crippen LogP contribution is 2.41. The van der Waals surface area contributed by atoms with Gasteiger partial charge in [0.2, 0.25) is 5.75 Å². The fourth-order valence-electron chi connectivity index (χ4n) is 4.28. The van der Waals surface area contributed by atoms with Crippen LogP contribution < -0.4 is 14.2 Å². The van der Waals surface area contributed by atoms with E-state index in [2.05, 4.69) is 4.98 Å². The molecule has 1 atom stereocenters. The Morgan fingerprint density at radius 1 is 1.19 bits per heavy atom. The van der Waals surface area contributed by atoms with E-state index >= 15 is 0 Å². The standard InChI is InChI=1S/C22H28N2O7S/c1-29-18-12-16(13-19(30-2)20(18)31-3)21(25)24-10-8-22(15-24,7-5-11-32(26,27)28)17-6-4-9-23-14-17/h4,6,9,12-14H,5,7-8,10-11,15H2,1-3H3,(H,26,27,28)/p-1. The molecule has 174 valence electrons. The van der Waals surface area contributed by atoms with Crippen LogP contribution in [-0.4, -0.2) is 68.9 Å². The van der Waals surface area contributed by atoms with Crippen LogP contribution in [0.5, 0.6) is 17.2 Å². The Kier molecular flexibility index (Phi) is 7.25. The van der Waals surface area contributed by atoms with Gasteiger partial charge in [-0.05, 0) is 43.0 Å². The maximum absolute atomic E-state index is 13.3. The monoisotopic (exact) mass is 463 g/mol. The lowest BCUT2D eigenvalue weighted by Gasteiger charge is -2.30. The minimum Gasteiger partial charge on any atom is -0.748 e. The largest absolute Gasteiger partial charge is 0.748 e. The summed E-state index contributed by atoms with van der Waals surface area (Å²) in [6.07, 6.45) is 4.70. The lowest BCUT2D eigenvalue weighted by atomic mass is 9.77. The van der Waals surface area contributed by atoms with E-state index in [1.54, 1.807) is 29.4 Å². The van der Waals surface area contributed by atoms with Crippen LogP contribution in [-0.2, 0) is 15.5 Å². The number of aromatic nitrogens is 1. The number of rotatable bonds is 9. The molecule has 9 nitrogen and oxygen atoms in total. The maximum atomic E-state index is 13.3. The molecule has 3 rings (SSSR count). The van der Waals surface area contributed by atoms with E-state index in [1.165, 1.54) is 21.3 Å². The second kappa shape index (κ2) is 9.74. The molecule has 1 aliphatic rings. The molecule has 1 aliphatic heterocycles. The van der Waals surface area contributed by atoms with Crippen molar-refractivity contribution in [1.29, 1.82) is 0 Å². The highest BCUT2D eigenvalue weighted by atomic mass is 32.2. The number of hydrogen-bond donors (Lipinski definition) is 0. The summed E-state index contributed by atoms with van der Waals surface area (Å²) in [5.41, 5.74) is 0.835. The van der Waals surface area contributed by atoms with Crippen molar-refractivity contribution in [3.05, 3.63) is 47.8 Å². The summed E-state index contributed by atoms with van der Waals surface area (Å²) in [4.78, 5) is 19.3. The number of pyridine rings is 1. The number of carbonyl (C=O) groups is 1. The average Bonchev–Trinajstić information content (AvgIpc) is 3.22. The predicted octanol–water partition coefficient (Wildman–Crippen LogP) is 2.22. The quantitative estimate of drug-likeness (QED) is 0.520. The molecule has 32 heavy (non-hydrogen) atoms. The van der Waals surface area contributed by atoms with Crippen molar-refractivity contribution in [2.24, 2.45) is 0 Å². The van der Waals surface area contributed by atoms with Gasteiger partial charge < -0.3 is 23.7 Å². The molecule has 2 heterocycles. The van der Waals surface area contributed by atoms with E-state index in [0.29, 0.717) is 48.7 Å². The van der Waals surface area contributed by atoms with Crippen LogP contribution in [0.3, 0.4) is 0 Å². The van der Waals surface area contributed by atoms with Gasteiger partial charge in [-0.1, -0.05) is 6.07 Å². The molecule has 0 bridgehead atoms. The Labute approximate surface area is 188 Å². The molecular formula is C22H27N2O7S-. The normalized spacial score (nSPS) is 18.4. The minimum absolute atomic E-state index is 0.202. The van der Waals surface area contributed by atoms with E-state index < -0.39 is 21.3 Å². The van der Waals surface area contributed by atoms with Crippen molar-refractivity contribution >= 4 is 16.0 Å². The molecule has 0 N–H and O–H groups in total. The molecule has 1 aromatic heterocycles. The Balaban J connectivity index is 1.88. The van der Waals surface area contributed by atoms with E-state index in [-0.39, 0.29) is 12.3 Å². The number of carbonyl (C=O) groups excluding carboxylic acids is 1. The Morgan fingerprint density at radius 3 is 2.41 bits per heavy atom. The highest BCUT2D eigenvalue weighted by molar-refractivity contribution is 7.85. The van der Waals surface area contributed by atoms with Crippen LogP contribution in [0.1, 0.15) is 35.2 Å². The fraction of sp³-hybridized carbons (Fsp3) is 0.455. The van der Waals surface area contributed by atoms with Crippen LogP contribution in [0, 0.1) is 0 Å². The zero-order valence-corrected chi connectivity index (χ0v) is 19.2. The van der Waals surface area contributed by atoms with Crippen LogP contribution in [0.15, 0.2) is 36.7 Å². The molecule has 10 heteroatoms. The Bertz CT molecular complexity index is 1030. The summed E-state index contributed by atoms with van der Waals surface area (Å²) in [5, 5.41) is 0. The summed E-state index contributed by atoms with van der Waals surface area (Å²) in [6.45, 7) is 0.863. The third-order valence-electron chi connectivity index (χ3n) is 5.88. The number of nitrogens with zero attached hydrogens (tertiary/aromatic N) is 2. The number of methoxy groups -OCH3 is 3. The maximum Gasteiger partial charge on any atom is 0.254 e. The van der Waals surface area contributed by atoms with Gasteiger partial charge in [-0.2, -0.15) is 0 Å². The molecule has 0 spiro atoms. The van der Waals surface area contributed by atoms with Gasteiger partial charge in [-0.3, -0.25) is 9.78 Å². The predicted molar refractivity (Wildman–Crippen MR) is 116 cm³/mol. The smallest absolute Gasteiger partial charge is 0.254 e. The zero-order valence-electron chi connectivity index (χ0n) is 18.4. The summed E-state index contributed by atoms with van der Waals surface area (Å²) >= 11 is 0. The molecule has 1 aromatic carbocycles. The average molecular weight is 464 g/mol. The van der Waals surface area contributed by atoms with Gasteiger partial charge in [0.1, 0.15) is 0 Å². The van der Waals surface area contributed by atoms with E-state index in [9.17, 15) is 17.8 Å². The molecule has 1 fully saturated rings. The third-order valence-corrected chi connectivity index (χ3v) is 6.66. The molecule has 0 radical (unpaired) electrons. The lowest BCUT2D eigenvalue weighted by Crippen LogP contribution is -2.35. The first-order valence-corrected chi connectivity index (χ1v) is 11.7. The van der Waals surface area contributed by atoms with E-state index in [4.69, 9.17) is 14.2 Å². The molecule has 1 amide bonds. The van der Waals surface area contributed by atoms with Crippen molar-refractivity contribution in [3.63, 3.8) is 0 Å². The van der Waals surface area contributed by atoms with Crippen molar-refractivity contribution in [3.8, 4) is 17.2 Å². The van der Waals surface area contributed by atoms with Gasteiger partial charge >= 0.3 is 0 Å². The first-order valence-electron chi connectivity index (χ1n) is 10.2. The van der Waals surface area contributed by atoms with Gasteiger partial charge in [-0.25, -0.2) is 8.42 Å².